The third kappa shape index (κ3) is 2.92. The zero-order valence-corrected chi connectivity index (χ0v) is 15.4. The van der Waals surface area contributed by atoms with E-state index in [1.807, 2.05) is 0 Å². The van der Waals surface area contributed by atoms with Gasteiger partial charge in [-0.25, -0.2) is 9.37 Å². The second kappa shape index (κ2) is 7.06. The molecule has 4 rings (SSSR count). The van der Waals surface area contributed by atoms with Gasteiger partial charge in [-0.2, -0.15) is 0 Å². The van der Waals surface area contributed by atoms with E-state index in [1.54, 1.807) is 16.8 Å². The first kappa shape index (κ1) is 18.1. The van der Waals surface area contributed by atoms with Gasteiger partial charge in [0.1, 0.15) is 6.26 Å². The molecule has 2 aliphatic heterocycles. The molecule has 0 aromatic carbocycles. The Kier molecular flexibility index (Phi) is 4.58. The van der Waals surface area contributed by atoms with Crippen LogP contribution in [0.15, 0.2) is 29.6 Å². The fourth-order valence-electron chi connectivity index (χ4n) is 3.80. The third-order valence-electron chi connectivity index (χ3n) is 5.34. The monoisotopic (exact) mass is 385 g/mol. The quantitative estimate of drug-likeness (QED) is 0.806. The number of hydrogen-bond acceptors (Lipinski definition) is 6. The van der Waals surface area contributed by atoms with Crippen LogP contribution in [0.2, 0.25) is 0 Å². The topological polar surface area (TPSA) is 91.6 Å². The normalized spacial score (nSPS) is 18.6. The van der Waals surface area contributed by atoms with Gasteiger partial charge in [-0.3, -0.25) is 9.59 Å². The van der Waals surface area contributed by atoms with Crippen LogP contribution in [-0.4, -0.2) is 53.0 Å². The Morgan fingerprint density at radius 3 is 3.07 bits per heavy atom. The Bertz CT molecular complexity index is 944. The SMILES string of the molecule is C=CC(=O)N1CCC[C@@H](N(C)c2nc(-c3cnoc3)c3c(c2F)CNC3=O)C1. The number of likely N-dealkylation sites (N-methyl/N-ethyl adjacent to an activating group) is 1. The van der Waals surface area contributed by atoms with Gasteiger partial charge in [0, 0.05) is 38.3 Å². The van der Waals surface area contributed by atoms with Crippen LogP contribution in [-0.2, 0) is 11.3 Å². The zero-order chi connectivity index (χ0) is 19.8. The molecule has 1 fully saturated rings. The summed E-state index contributed by atoms with van der Waals surface area (Å²) in [7, 11) is 1.76. The molecule has 2 aromatic heterocycles. The molecule has 8 nitrogen and oxygen atoms in total. The summed E-state index contributed by atoms with van der Waals surface area (Å²) in [6.07, 6.45) is 5.72. The Morgan fingerprint density at radius 2 is 2.36 bits per heavy atom. The van der Waals surface area contributed by atoms with Gasteiger partial charge in [0.2, 0.25) is 5.91 Å². The van der Waals surface area contributed by atoms with Crippen LogP contribution in [0.25, 0.3) is 11.3 Å². The van der Waals surface area contributed by atoms with Crippen molar-refractivity contribution in [3.63, 3.8) is 0 Å². The lowest BCUT2D eigenvalue weighted by atomic mass is 10.0. The highest BCUT2D eigenvalue weighted by atomic mass is 19.1. The molecule has 0 bridgehead atoms. The van der Waals surface area contributed by atoms with Gasteiger partial charge in [0.05, 0.1) is 23.0 Å². The van der Waals surface area contributed by atoms with Crippen LogP contribution >= 0.6 is 0 Å². The molecule has 0 spiro atoms. The average molecular weight is 385 g/mol. The van der Waals surface area contributed by atoms with Crippen molar-refractivity contribution < 1.29 is 18.5 Å². The highest BCUT2D eigenvalue weighted by Crippen LogP contribution is 2.34. The molecular weight excluding hydrogens is 365 g/mol. The number of anilines is 1. The predicted molar refractivity (Wildman–Crippen MR) is 99.1 cm³/mol. The van der Waals surface area contributed by atoms with Crippen molar-refractivity contribution in [2.45, 2.75) is 25.4 Å². The van der Waals surface area contributed by atoms with Crippen molar-refractivity contribution in [2.24, 2.45) is 0 Å². The maximum Gasteiger partial charge on any atom is 0.254 e. The number of likely N-dealkylation sites (tertiary alicyclic amines) is 1. The van der Waals surface area contributed by atoms with E-state index in [9.17, 15) is 9.59 Å². The van der Waals surface area contributed by atoms with E-state index in [2.05, 4.69) is 22.0 Å². The zero-order valence-electron chi connectivity index (χ0n) is 15.4. The maximum absolute atomic E-state index is 15.3. The molecule has 2 aliphatic rings. The number of carbonyl (C=O) groups excluding carboxylic acids is 2. The number of amides is 2. The molecule has 0 radical (unpaired) electrons. The van der Waals surface area contributed by atoms with E-state index in [0.29, 0.717) is 24.3 Å². The van der Waals surface area contributed by atoms with Crippen molar-refractivity contribution in [3.05, 3.63) is 42.1 Å². The highest BCUT2D eigenvalue weighted by molar-refractivity contribution is 6.04. The van der Waals surface area contributed by atoms with Crippen molar-refractivity contribution >= 4 is 17.6 Å². The summed E-state index contributed by atoms with van der Waals surface area (Å²) in [6.45, 7) is 4.75. The van der Waals surface area contributed by atoms with Gasteiger partial charge in [-0.1, -0.05) is 11.7 Å². The van der Waals surface area contributed by atoms with E-state index < -0.39 is 5.82 Å². The Morgan fingerprint density at radius 1 is 1.54 bits per heavy atom. The van der Waals surface area contributed by atoms with Crippen LogP contribution in [0.4, 0.5) is 10.2 Å². The number of pyridine rings is 1. The summed E-state index contributed by atoms with van der Waals surface area (Å²) in [6, 6.07) is -0.0990. The molecule has 1 N–H and O–H groups in total. The fourth-order valence-corrected chi connectivity index (χ4v) is 3.80. The molecule has 0 unspecified atom stereocenters. The van der Waals surface area contributed by atoms with E-state index >= 15 is 4.39 Å². The molecule has 0 saturated carbocycles. The van der Waals surface area contributed by atoms with Crippen LogP contribution in [0.1, 0.15) is 28.8 Å². The molecule has 146 valence electrons. The molecule has 1 saturated heterocycles. The standard InChI is InChI=1S/C19H20FN5O3/c1-3-14(26)25-6-4-5-12(9-25)24(2)18-16(20)13-8-21-19(27)15(13)17(23-18)11-7-22-28-10-11/h3,7,10,12H,1,4-6,8-9H2,2H3,(H,21,27)/t12-/m1/s1. The van der Waals surface area contributed by atoms with E-state index in [0.717, 1.165) is 12.8 Å². The molecule has 1 atom stereocenters. The van der Waals surface area contributed by atoms with E-state index in [1.165, 1.54) is 18.5 Å². The number of aromatic nitrogens is 2. The number of halogens is 1. The van der Waals surface area contributed by atoms with Crippen LogP contribution < -0.4 is 10.2 Å². The number of nitrogens with zero attached hydrogens (tertiary/aromatic N) is 4. The summed E-state index contributed by atoms with van der Waals surface area (Å²) in [4.78, 5) is 32.1. The van der Waals surface area contributed by atoms with Gasteiger partial charge < -0.3 is 19.6 Å². The first-order valence-electron chi connectivity index (χ1n) is 9.05. The average Bonchev–Trinajstić information content (AvgIpc) is 3.38. The lowest BCUT2D eigenvalue weighted by Crippen LogP contribution is -2.48. The van der Waals surface area contributed by atoms with Crippen LogP contribution in [0.5, 0.6) is 0 Å². The maximum atomic E-state index is 15.3. The third-order valence-corrected chi connectivity index (χ3v) is 5.34. The first-order valence-corrected chi connectivity index (χ1v) is 9.05. The van der Waals surface area contributed by atoms with E-state index in [-0.39, 0.29) is 41.3 Å². The number of nitrogens with one attached hydrogen (secondary N) is 1. The lowest BCUT2D eigenvalue weighted by Gasteiger charge is -2.38. The Hall–Kier alpha value is -3.23. The highest BCUT2D eigenvalue weighted by Gasteiger charge is 2.34. The van der Waals surface area contributed by atoms with Crippen molar-refractivity contribution in [1.82, 2.24) is 20.4 Å². The number of carbonyl (C=O) groups is 2. The molecule has 28 heavy (non-hydrogen) atoms. The molecular formula is C19H20FN5O3. The number of piperidine rings is 1. The second-order valence-electron chi connectivity index (χ2n) is 6.94. The van der Waals surface area contributed by atoms with Crippen molar-refractivity contribution in [2.75, 3.05) is 25.0 Å². The molecule has 4 heterocycles. The largest absolute Gasteiger partial charge is 0.364 e. The second-order valence-corrected chi connectivity index (χ2v) is 6.94. The van der Waals surface area contributed by atoms with Gasteiger partial charge in [-0.05, 0) is 18.9 Å². The minimum absolute atomic E-state index is 0.0990. The van der Waals surface area contributed by atoms with Crippen molar-refractivity contribution in [3.8, 4) is 11.3 Å². The van der Waals surface area contributed by atoms with E-state index in [4.69, 9.17) is 4.52 Å². The summed E-state index contributed by atoms with van der Waals surface area (Å²) in [5.74, 6) is -0.889. The summed E-state index contributed by atoms with van der Waals surface area (Å²) in [5, 5.41) is 6.32. The number of fused-ring (bicyclic) bond motifs is 1. The number of hydrogen-bond donors (Lipinski definition) is 1. The molecule has 0 aliphatic carbocycles. The summed E-state index contributed by atoms with van der Waals surface area (Å²) in [5.41, 5.74) is 1.34. The minimum Gasteiger partial charge on any atom is -0.364 e. The molecule has 2 aromatic rings. The fraction of sp³-hybridized carbons (Fsp3) is 0.368. The van der Waals surface area contributed by atoms with Gasteiger partial charge >= 0.3 is 0 Å². The Labute approximate surface area is 161 Å². The van der Waals surface area contributed by atoms with Gasteiger partial charge in [0.25, 0.3) is 5.91 Å². The first-order chi connectivity index (χ1) is 13.5. The minimum atomic E-state index is -0.525. The van der Waals surface area contributed by atoms with Crippen LogP contribution in [0, 0.1) is 5.82 Å². The van der Waals surface area contributed by atoms with Crippen LogP contribution in [0.3, 0.4) is 0 Å². The molecule has 2 amide bonds. The van der Waals surface area contributed by atoms with Gasteiger partial charge in [0.15, 0.2) is 11.6 Å². The summed E-state index contributed by atoms with van der Waals surface area (Å²) < 4.78 is 20.1. The number of rotatable bonds is 4. The molecule has 9 heteroatoms. The van der Waals surface area contributed by atoms with Gasteiger partial charge in [-0.15, -0.1) is 0 Å². The lowest BCUT2D eigenvalue weighted by molar-refractivity contribution is -0.127. The summed E-state index contributed by atoms with van der Waals surface area (Å²) >= 11 is 0. The van der Waals surface area contributed by atoms with Crippen molar-refractivity contribution in [1.29, 1.82) is 0 Å². The predicted octanol–water partition coefficient (Wildman–Crippen LogP) is 1.73. The smallest absolute Gasteiger partial charge is 0.254 e. The Balaban J connectivity index is 1.74.